The van der Waals surface area contributed by atoms with Crippen LogP contribution in [-0.2, 0) is 15.5 Å². The van der Waals surface area contributed by atoms with Crippen molar-refractivity contribution in [2.75, 3.05) is 23.8 Å². The van der Waals surface area contributed by atoms with Crippen molar-refractivity contribution in [3.05, 3.63) is 23.2 Å². The van der Waals surface area contributed by atoms with E-state index >= 15 is 0 Å². The number of halogens is 1. The maximum Gasteiger partial charge on any atom is 0.0791 e. The predicted molar refractivity (Wildman–Crippen MR) is 85.9 cm³/mol. The van der Waals surface area contributed by atoms with Crippen molar-refractivity contribution in [3.8, 4) is 0 Å². The number of hydrogen-bond donors (Lipinski definition) is 1. The number of nitrogen functional groups attached to an aromatic ring is 1. The molecular formula is C14H18ClNO2S2. The summed E-state index contributed by atoms with van der Waals surface area (Å²) < 4.78 is 18.8. The molecule has 3 unspecified atom stereocenters. The highest BCUT2D eigenvalue weighted by molar-refractivity contribution is 7.99. The van der Waals surface area contributed by atoms with Crippen LogP contribution < -0.4 is 5.73 Å². The van der Waals surface area contributed by atoms with Crippen LogP contribution in [0, 0.1) is 0 Å². The summed E-state index contributed by atoms with van der Waals surface area (Å²) in [4.78, 5) is 0.702. The van der Waals surface area contributed by atoms with Crippen molar-refractivity contribution in [1.82, 2.24) is 0 Å². The molecule has 0 saturated carbocycles. The maximum absolute atomic E-state index is 12.8. The largest absolute Gasteiger partial charge is 0.399 e. The van der Waals surface area contributed by atoms with Gasteiger partial charge in [0.1, 0.15) is 0 Å². The molecule has 6 heteroatoms. The van der Waals surface area contributed by atoms with Gasteiger partial charge in [-0.1, -0.05) is 11.6 Å². The zero-order valence-corrected chi connectivity index (χ0v) is 13.5. The fourth-order valence-electron chi connectivity index (χ4n) is 2.89. The molecule has 0 radical (unpaired) electrons. The molecule has 0 aromatic heterocycles. The third-order valence-electron chi connectivity index (χ3n) is 3.99. The molecule has 2 heterocycles. The Labute approximate surface area is 131 Å². The third kappa shape index (κ3) is 2.86. The van der Waals surface area contributed by atoms with Gasteiger partial charge in [-0.2, -0.15) is 11.8 Å². The Morgan fingerprint density at radius 2 is 2.35 bits per heavy atom. The van der Waals surface area contributed by atoms with E-state index in [4.69, 9.17) is 22.1 Å². The summed E-state index contributed by atoms with van der Waals surface area (Å²) in [6.07, 6.45) is 2.77. The van der Waals surface area contributed by atoms with E-state index in [9.17, 15) is 4.21 Å². The smallest absolute Gasteiger partial charge is 0.0791 e. The lowest BCUT2D eigenvalue weighted by Gasteiger charge is -2.37. The standard InChI is InChI=1S/C14H18ClNO2S2/c15-12-7-10(16)1-2-13(12)20(17)11-3-5-18-14(8-11)4-6-19-9-14/h1-2,7,11H,3-6,8-9,16H2. The minimum absolute atomic E-state index is 0.0521. The molecule has 2 aliphatic rings. The molecule has 2 aliphatic heterocycles. The van der Waals surface area contributed by atoms with Gasteiger partial charge in [-0.15, -0.1) is 0 Å². The van der Waals surface area contributed by atoms with Crippen molar-refractivity contribution in [2.45, 2.75) is 35.0 Å². The van der Waals surface area contributed by atoms with E-state index in [2.05, 4.69) is 0 Å². The van der Waals surface area contributed by atoms with Crippen LogP contribution >= 0.6 is 23.4 Å². The Kier molecular flexibility index (Phi) is 4.32. The Hall–Kier alpha value is -0.230. The summed E-state index contributed by atoms with van der Waals surface area (Å²) in [5.74, 6) is 2.16. The van der Waals surface area contributed by atoms with E-state index in [-0.39, 0.29) is 10.9 Å². The van der Waals surface area contributed by atoms with Gasteiger partial charge in [-0.05, 0) is 43.2 Å². The van der Waals surface area contributed by atoms with Crippen LogP contribution in [0.25, 0.3) is 0 Å². The van der Waals surface area contributed by atoms with Gasteiger partial charge < -0.3 is 10.5 Å². The first-order valence-electron chi connectivity index (χ1n) is 6.77. The fraction of sp³-hybridized carbons (Fsp3) is 0.571. The van der Waals surface area contributed by atoms with Gasteiger partial charge in [-0.3, -0.25) is 4.21 Å². The number of thioether (sulfide) groups is 1. The predicted octanol–water partition coefficient (Wildman–Crippen LogP) is 3.08. The Balaban J connectivity index is 1.79. The molecule has 1 aromatic rings. The van der Waals surface area contributed by atoms with Crippen molar-refractivity contribution in [1.29, 1.82) is 0 Å². The quantitative estimate of drug-likeness (QED) is 0.846. The number of rotatable bonds is 2. The highest BCUT2D eigenvalue weighted by atomic mass is 35.5. The lowest BCUT2D eigenvalue weighted by Crippen LogP contribution is -2.43. The number of anilines is 1. The SMILES string of the molecule is Nc1ccc(S(=O)C2CCOC3(CCSC3)C2)c(Cl)c1. The van der Waals surface area contributed by atoms with Crippen LogP contribution in [0.15, 0.2) is 23.1 Å². The maximum atomic E-state index is 12.8. The molecule has 3 atom stereocenters. The average Bonchev–Trinajstić information content (AvgIpc) is 2.86. The Morgan fingerprint density at radius 1 is 1.50 bits per heavy atom. The van der Waals surface area contributed by atoms with Crippen LogP contribution in [0.2, 0.25) is 5.02 Å². The molecular weight excluding hydrogens is 314 g/mol. The summed E-state index contributed by atoms with van der Waals surface area (Å²) in [5, 5.41) is 0.633. The summed E-state index contributed by atoms with van der Waals surface area (Å²) in [5.41, 5.74) is 6.25. The van der Waals surface area contributed by atoms with Gasteiger partial charge in [0.2, 0.25) is 0 Å². The van der Waals surface area contributed by atoms with Crippen molar-refractivity contribution in [3.63, 3.8) is 0 Å². The Morgan fingerprint density at radius 3 is 3.05 bits per heavy atom. The van der Waals surface area contributed by atoms with Crippen molar-refractivity contribution < 1.29 is 8.95 Å². The molecule has 0 aliphatic carbocycles. The van der Waals surface area contributed by atoms with Gasteiger partial charge in [0.25, 0.3) is 0 Å². The first-order valence-corrected chi connectivity index (χ1v) is 9.52. The first kappa shape index (κ1) is 14.7. The van der Waals surface area contributed by atoms with Gasteiger partial charge in [0.05, 0.1) is 26.3 Å². The van der Waals surface area contributed by atoms with Crippen LogP contribution in [0.1, 0.15) is 19.3 Å². The van der Waals surface area contributed by atoms with Crippen molar-refractivity contribution in [2.24, 2.45) is 0 Å². The number of hydrogen-bond acceptors (Lipinski definition) is 4. The topological polar surface area (TPSA) is 52.3 Å². The van der Waals surface area contributed by atoms with Gasteiger partial charge >= 0.3 is 0 Å². The van der Waals surface area contributed by atoms with Crippen LogP contribution in [0.5, 0.6) is 0 Å². The highest BCUT2D eigenvalue weighted by Crippen LogP contribution is 2.40. The summed E-state index contributed by atoms with van der Waals surface area (Å²) in [6.45, 7) is 0.698. The van der Waals surface area contributed by atoms with Gasteiger partial charge in [-0.25, -0.2) is 0 Å². The second kappa shape index (κ2) is 5.87. The van der Waals surface area contributed by atoms with E-state index in [0.29, 0.717) is 22.2 Å². The van der Waals surface area contributed by atoms with E-state index in [1.807, 2.05) is 11.8 Å². The minimum atomic E-state index is -1.09. The van der Waals surface area contributed by atoms with Crippen LogP contribution in [-0.4, -0.2) is 33.2 Å². The molecule has 0 bridgehead atoms. The molecule has 0 amide bonds. The molecule has 1 aromatic carbocycles. The third-order valence-corrected chi connectivity index (χ3v) is 7.44. The zero-order valence-electron chi connectivity index (χ0n) is 11.1. The summed E-state index contributed by atoms with van der Waals surface area (Å²) in [7, 11) is -1.09. The lowest BCUT2D eigenvalue weighted by molar-refractivity contribution is -0.0567. The second-order valence-corrected chi connectivity index (χ2v) is 8.65. The second-order valence-electron chi connectivity index (χ2n) is 5.44. The minimum Gasteiger partial charge on any atom is -0.399 e. The molecule has 3 rings (SSSR count). The molecule has 20 heavy (non-hydrogen) atoms. The van der Waals surface area contributed by atoms with Crippen LogP contribution in [0.3, 0.4) is 0 Å². The molecule has 2 saturated heterocycles. The van der Waals surface area contributed by atoms with Gasteiger partial charge in [0, 0.05) is 23.3 Å². The summed E-state index contributed by atoms with van der Waals surface area (Å²) in [6, 6.07) is 5.23. The number of ether oxygens (including phenoxy) is 1. The summed E-state index contributed by atoms with van der Waals surface area (Å²) >= 11 is 8.11. The van der Waals surface area contributed by atoms with E-state index < -0.39 is 10.8 Å². The van der Waals surface area contributed by atoms with E-state index in [0.717, 1.165) is 30.8 Å². The monoisotopic (exact) mass is 331 g/mol. The molecule has 3 nitrogen and oxygen atoms in total. The molecule has 2 N–H and O–H groups in total. The molecule has 110 valence electrons. The first-order chi connectivity index (χ1) is 9.60. The normalized spacial score (nSPS) is 31.6. The van der Waals surface area contributed by atoms with E-state index in [1.54, 1.807) is 18.2 Å². The fourth-order valence-corrected chi connectivity index (χ4v) is 6.26. The zero-order chi connectivity index (χ0) is 14.2. The van der Waals surface area contributed by atoms with Gasteiger partial charge in [0.15, 0.2) is 0 Å². The van der Waals surface area contributed by atoms with E-state index in [1.165, 1.54) is 0 Å². The average molecular weight is 332 g/mol. The number of benzene rings is 1. The molecule has 2 fully saturated rings. The molecule has 1 spiro atoms. The Bertz CT molecular complexity index is 532. The lowest BCUT2D eigenvalue weighted by atomic mass is 9.93. The van der Waals surface area contributed by atoms with Crippen molar-refractivity contribution >= 4 is 39.8 Å². The highest BCUT2D eigenvalue weighted by Gasteiger charge is 2.42. The number of nitrogens with two attached hydrogens (primary N) is 1. The van der Waals surface area contributed by atoms with Crippen LogP contribution in [0.4, 0.5) is 5.69 Å².